The second-order valence-corrected chi connectivity index (χ2v) is 32.3. The van der Waals surface area contributed by atoms with Crippen molar-refractivity contribution in [2.24, 2.45) is 41.4 Å². The summed E-state index contributed by atoms with van der Waals surface area (Å²) >= 11 is 6.40. The zero-order chi connectivity index (χ0) is 78.4. The van der Waals surface area contributed by atoms with E-state index in [1.165, 1.54) is 71.7 Å². The van der Waals surface area contributed by atoms with E-state index in [1.807, 2.05) is 13.8 Å². The Morgan fingerprint density at radius 3 is 1.80 bits per heavy atom. The number of likely N-dealkylation sites (N-methyl/N-ethyl adjacent to an activating group) is 7. The van der Waals surface area contributed by atoms with Crippen LogP contribution in [0, 0.1) is 41.4 Å². The van der Waals surface area contributed by atoms with Gasteiger partial charge in [-0.05, 0) is 146 Å². The van der Waals surface area contributed by atoms with Crippen LogP contribution in [0.2, 0.25) is 0 Å². The van der Waals surface area contributed by atoms with Crippen LogP contribution in [0.3, 0.4) is 0 Å². The molecule has 7 rings (SSSR count). The molecule has 7 aliphatic rings. The number of ether oxygens (including phenoxy) is 1. The van der Waals surface area contributed by atoms with Crippen molar-refractivity contribution in [2.75, 3.05) is 101 Å². The van der Waals surface area contributed by atoms with Crippen molar-refractivity contribution in [3.05, 3.63) is 0 Å². The number of nitrogens with one attached hydrogen (secondary N) is 3. The molecule has 106 heavy (non-hydrogen) atoms. The highest BCUT2D eigenvalue weighted by Gasteiger charge is 2.52. The topological polar surface area (TPSA) is 279 Å². The summed E-state index contributed by atoms with van der Waals surface area (Å²) in [7, 11) is 8.21. The van der Waals surface area contributed by atoms with Gasteiger partial charge >= 0.3 is 12.4 Å². The van der Waals surface area contributed by atoms with Gasteiger partial charge in [-0.1, -0.05) is 66.2 Å². The molecule has 0 bridgehead atoms. The van der Waals surface area contributed by atoms with E-state index in [2.05, 4.69) is 16.0 Å². The first-order valence-electron chi connectivity index (χ1n) is 38.5. The number of carbonyl (C=O) groups excluding carboxylic acids is 12. The molecule has 7 fully saturated rings. The van der Waals surface area contributed by atoms with E-state index in [0.29, 0.717) is 57.8 Å². The first kappa shape index (κ1) is 86.7. The number of carbonyl (C=O) groups is 12. The van der Waals surface area contributed by atoms with Gasteiger partial charge in [0.2, 0.25) is 70.9 Å². The summed E-state index contributed by atoms with van der Waals surface area (Å²) in [6, 6.07) is -9.29. The van der Waals surface area contributed by atoms with Gasteiger partial charge in [-0.3, -0.25) is 57.5 Å². The summed E-state index contributed by atoms with van der Waals surface area (Å²) in [6.07, 6.45) is -5.23. The minimum atomic E-state index is -4.56. The predicted octanol–water partition coefficient (Wildman–Crippen LogP) is 6.51. The minimum Gasteiger partial charge on any atom is -0.378 e. The lowest BCUT2D eigenvalue weighted by Crippen LogP contribution is -2.66. The van der Waals surface area contributed by atoms with Crippen LogP contribution < -0.4 is 16.0 Å². The van der Waals surface area contributed by atoms with Crippen molar-refractivity contribution in [3.63, 3.8) is 0 Å². The molecule has 12 amide bonds. The number of amides is 12. The average Bonchev–Trinajstić information content (AvgIpc) is 1.36. The summed E-state index contributed by atoms with van der Waals surface area (Å²) in [6.45, 7) is 7.18. The maximum atomic E-state index is 15.8. The van der Waals surface area contributed by atoms with Crippen molar-refractivity contribution >= 4 is 82.5 Å². The van der Waals surface area contributed by atoms with Crippen LogP contribution in [-0.2, 0) is 62.3 Å². The van der Waals surface area contributed by atoms with Gasteiger partial charge in [0, 0.05) is 73.8 Å². The smallest absolute Gasteiger partial charge is 0.378 e. The van der Waals surface area contributed by atoms with Gasteiger partial charge in [-0.2, -0.15) is 26.3 Å². The van der Waals surface area contributed by atoms with Crippen LogP contribution in [0.15, 0.2) is 0 Å². The van der Waals surface area contributed by atoms with Gasteiger partial charge < -0.3 is 64.8 Å². The Labute approximate surface area is 625 Å². The molecule has 3 heterocycles. The van der Waals surface area contributed by atoms with Gasteiger partial charge in [0.05, 0.1) is 51.1 Å². The number of rotatable bonds is 12. The Morgan fingerprint density at radius 2 is 1.22 bits per heavy atom. The molecule has 4 aliphatic carbocycles. The van der Waals surface area contributed by atoms with Crippen LogP contribution in [-0.4, -0.2) is 282 Å². The van der Waals surface area contributed by atoms with Crippen LogP contribution in [0.1, 0.15) is 189 Å². The summed E-state index contributed by atoms with van der Waals surface area (Å²) in [5.41, 5.74) is -1.63. The Morgan fingerprint density at radius 1 is 0.604 bits per heavy atom. The first-order chi connectivity index (χ1) is 49.8. The van der Waals surface area contributed by atoms with E-state index in [-0.39, 0.29) is 135 Å². The maximum Gasteiger partial charge on any atom is 0.393 e. The van der Waals surface area contributed by atoms with Crippen LogP contribution in [0.25, 0.3) is 0 Å². The molecular weight excluding hydrogens is 1410 g/mol. The van der Waals surface area contributed by atoms with E-state index in [4.69, 9.17) is 16.3 Å². The summed E-state index contributed by atoms with van der Waals surface area (Å²) in [5.74, 6) is -14.1. The molecule has 3 N–H and O–H groups in total. The van der Waals surface area contributed by atoms with Crippen molar-refractivity contribution in [1.29, 1.82) is 0 Å². The third-order valence-electron chi connectivity index (χ3n) is 23.9. The number of morpholine rings is 1. The number of halogens is 7. The first-order valence-corrected chi connectivity index (χ1v) is 39.0. The lowest BCUT2D eigenvalue weighted by atomic mass is 9.78. The molecule has 0 radical (unpaired) electrons. The normalized spacial score (nSPS) is 30.5. The summed E-state index contributed by atoms with van der Waals surface area (Å²) < 4.78 is 89.8. The van der Waals surface area contributed by atoms with Gasteiger partial charge in [-0.25, -0.2) is 0 Å². The molecule has 32 heteroatoms. The highest BCUT2D eigenvalue weighted by Crippen LogP contribution is 2.45. The standard InChI is InChI=1S/C74H117ClF6N12O13/c1-12-46(5)62-69(103)87(8)43-60(96)85(6)44-61(97)92(13-2)57(40-48-23-27-50(28-24-48)73(76,77)78)67(101)86(7)42-58(94)82-53(30-26-47-25-29-51(52(75)39-47)74(79,80)81)66(100)93-33-19-22-54(93)65(99)84-72(31-17-14-18-32-72)71(105)90(11)63(49-20-15-16-21-49)70(104)89(10)56(68(102)91-34-36-106-37-35-91)41-59(95)88(9)55(38-45(3)4)64(98)83-62/h45-57,62-63H,12-44H2,1-11H3,(H,82,94)(H,83,98)(H,84,99)/t46-,47?,48?,50?,51?,52?,53-,54-,55-,56-,57-,62-,63-/m0/s1. The highest BCUT2D eigenvalue weighted by atomic mass is 35.5. The van der Waals surface area contributed by atoms with Crippen LogP contribution in [0.5, 0.6) is 0 Å². The van der Waals surface area contributed by atoms with Crippen molar-refractivity contribution < 1.29 is 88.6 Å². The fourth-order valence-corrected chi connectivity index (χ4v) is 17.6. The van der Waals surface area contributed by atoms with Gasteiger partial charge in [0.25, 0.3) is 0 Å². The lowest BCUT2D eigenvalue weighted by Gasteiger charge is -2.44. The number of fused-ring (bicyclic) bond motifs is 1. The largest absolute Gasteiger partial charge is 0.393 e. The Kier molecular flexibility index (Phi) is 31.3. The molecule has 3 unspecified atom stereocenters. The molecule has 0 aromatic rings. The van der Waals surface area contributed by atoms with Crippen LogP contribution >= 0.6 is 11.6 Å². The molecule has 25 nitrogen and oxygen atoms in total. The maximum absolute atomic E-state index is 15.8. The van der Waals surface area contributed by atoms with E-state index < -0.39 is 198 Å². The molecule has 1 spiro atoms. The quantitative estimate of drug-likeness (QED) is 0.139. The van der Waals surface area contributed by atoms with E-state index in [1.54, 1.807) is 20.8 Å². The van der Waals surface area contributed by atoms with Crippen LogP contribution in [0.4, 0.5) is 26.3 Å². The average molecular weight is 1530 g/mol. The number of alkyl halides is 7. The Balaban J connectivity index is 1.29. The van der Waals surface area contributed by atoms with Crippen molar-refractivity contribution in [1.82, 2.24) is 60.0 Å². The van der Waals surface area contributed by atoms with Crippen molar-refractivity contribution in [2.45, 2.75) is 254 Å². The lowest BCUT2D eigenvalue weighted by molar-refractivity contribution is -0.184. The Hall–Kier alpha value is -6.53. The highest BCUT2D eigenvalue weighted by molar-refractivity contribution is 6.21. The molecule has 3 aliphatic heterocycles. The van der Waals surface area contributed by atoms with Gasteiger partial charge in [0.15, 0.2) is 0 Å². The fourth-order valence-electron chi connectivity index (χ4n) is 17.1. The predicted molar refractivity (Wildman–Crippen MR) is 381 cm³/mol. The van der Waals surface area contributed by atoms with E-state index in [9.17, 15) is 50.3 Å². The SMILES string of the molecule is CC[C@H](C)[C@@H]1NC(=O)[C@H](CC(C)C)N(C)C(=O)C[C@@H](C(=O)N2CCOCC2)N(C)C(=O)[C@H](C2CCCC2)N(C)C(=O)C2(CCCCC2)NC(=O)[C@@H]2CCCN2C(=O)[C@H](CCC2CCC(C(F)(F)F)C(Cl)C2)NC(=O)CN(C)C(=O)[C@H](CC2CCC(C(F)(F)F)CC2)N(CC)C(=O)CN(C)C(=O)CN(C)C1=O. The van der Waals surface area contributed by atoms with Crippen molar-refractivity contribution in [3.8, 4) is 0 Å². The zero-order valence-corrected chi connectivity index (χ0v) is 64.7. The molecule has 0 aromatic carbocycles. The minimum absolute atomic E-state index is 0.00351. The molecule has 4 saturated carbocycles. The third-order valence-corrected chi connectivity index (χ3v) is 24.4. The number of nitrogens with zero attached hydrogens (tertiary/aromatic N) is 9. The van der Waals surface area contributed by atoms with E-state index >= 15 is 33.6 Å². The fraction of sp³-hybridized carbons (Fsp3) is 0.838. The second-order valence-electron chi connectivity index (χ2n) is 31.7. The second kappa shape index (κ2) is 38.2. The molecule has 3 saturated heterocycles. The summed E-state index contributed by atoms with van der Waals surface area (Å²) in [4.78, 5) is 192. The number of hydrogen-bond acceptors (Lipinski definition) is 13. The van der Waals surface area contributed by atoms with E-state index in [0.717, 1.165) is 14.7 Å². The van der Waals surface area contributed by atoms with Gasteiger partial charge in [-0.15, -0.1) is 11.6 Å². The molecule has 11 atom stereocenters. The number of hydrogen-bond donors (Lipinski definition) is 3. The Bertz CT molecular complexity index is 3090. The molecule has 0 aromatic heterocycles. The third kappa shape index (κ3) is 21.9. The zero-order valence-electron chi connectivity index (χ0n) is 64.0. The monoisotopic (exact) mass is 1530 g/mol. The summed E-state index contributed by atoms with van der Waals surface area (Å²) in [5, 5.41) is 7.44. The molecule has 600 valence electrons. The van der Waals surface area contributed by atoms with Gasteiger partial charge in [0.1, 0.15) is 47.8 Å². The molecular formula is C74H117ClF6N12O13.